The van der Waals surface area contributed by atoms with Crippen molar-refractivity contribution < 1.29 is 9.53 Å². The minimum Gasteiger partial charge on any atom is -0.378 e. The van der Waals surface area contributed by atoms with E-state index in [0.717, 1.165) is 43.1 Å². The molecule has 1 aliphatic carbocycles. The number of hydrogen-bond acceptors (Lipinski definition) is 6. The summed E-state index contributed by atoms with van der Waals surface area (Å²) in [5.41, 5.74) is 2.61. The standard InChI is InChI=1S/C18H24N6O2/c1-12-8-13(2)20-17(19-12)24-15(9-14(3)22-24)21-16(25)10-23-6-7-26-11-18(23)4-5-18/h8-9H,4-7,10-11H2,1-3H3,(H,21,25). The van der Waals surface area contributed by atoms with Gasteiger partial charge in [0.2, 0.25) is 5.91 Å². The number of hydrogen-bond donors (Lipinski definition) is 1. The molecule has 1 amide bonds. The summed E-state index contributed by atoms with van der Waals surface area (Å²) in [5, 5.41) is 7.43. The van der Waals surface area contributed by atoms with Crippen LogP contribution in [0.25, 0.3) is 5.95 Å². The third kappa shape index (κ3) is 3.34. The molecule has 26 heavy (non-hydrogen) atoms. The van der Waals surface area contributed by atoms with Crippen LogP contribution in [0.15, 0.2) is 12.1 Å². The van der Waals surface area contributed by atoms with Crippen LogP contribution in [-0.2, 0) is 9.53 Å². The topological polar surface area (TPSA) is 85.2 Å². The van der Waals surface area contributed by atoms with Gasteiger partial charge in [0.25, 0.3) is 5.95 Å². The molecule has 1 N–H and O–H groups in total. The quantitative estimate of drug-likeness (QED) is 0.891. The second-order valence-corrected chi connectivity index (χ2v) is 7.28. The van der Waals surface area contributed by atoms with Gasteiger partial charge in [0.05, 0.1) is 25.5 Å². The summed E-state index contributed by atoms with van der Waals surface area (Å²) in [4.78, 5) is 23.8. The second-order valence-electron chi connectivity index (χ2n) is 7.28. The maximum absolute atomic E-state index is 12.6. The molecule has 2 fully saturated rings. The number of nitrogens with zero attached hydrogens (tertiary/aromatic N) is 5. The van der Waals surface area contributed by atoms with Crippen LogP contribution in [0, 0.1) is 20.8 Å². The minimum atomic E-state index is -0.0521. The first-order valence-corrected chi connectivity index (χ1v) is 8.97. The molecule has 1 spiro atoms. The van der Waals surface area contributed by atoms with Crippen LogP contribution in [0.3, 0.4) is 0 Å². The van der Waals surface area contributed by atoms with E-state index in [1.165, 1.54) is 0 Å². The fraction of sp³-hybridized carbons (Fsp3) is 0.556. The van der Waals surface area contributed by atoms with Crippen molar-refractivity contribution in [3.8, 4) is 5.95 Å². The third-order valence-corrected chi connectivity index (χ3v) is 4.97. The zero-order valence-electron chi connectivity index (χ0n) is 15.4. The number of anilines is 1. The Bertz CT molecular complexity index is 822. The summed E-state index contributed by atoms with van der Waals surface area (Å²) >= 11 is 0. The highest BCUT2D eigenvalue weighted by Crippen LogP contribution is 2.43. The van der Waals surface area contributed by atoms with E-state index >= 15 is 0 Å². The third-order valence-electron chi connectivity index (χ3n) is 4.97. The molecule has 138 valence electrons. The number of aryl methyl sites for hydroxylation is 3. The molecule has 1 aliphatic heterocycles. The number of morpholine rings is 1. The molecule has 8 heteroatoms. The van der Waals surface area contributed by atoms with Crippen LogP contribution in [0.4, 0.5) is 5.82 Å². The summed E-state index contributed by atoms with van der Waals surface area (Å²) < 4.78 is 7.17. The van der Waals surface area contributed by atoms with E-state index in [9.17, 15) is 4.79 Å². The van der Waals surface area contributed by atoms with Crippen molar-refractivity contribution in [1.29, 1.82) is 0 Å². The van der Waals surface area contributed by atoms with Crippen LogP contribution in [0.1, 0.15) is 29.9 Å². The Labute approximate surface area is 152 Å². The van der Waals surface area contributed by atoms with Gasteiger partial charge in [-0.2, -0.15) is 9.78 Å². The van der Waals surface area contributed by atoms with Crippen molar-refractivity contribution in [3.63, 3.8) is 0 Å². The first-order chi connectivity index (χ1) is 12.4. The molecule has 0 aromatic carbocycles. The molecule has 3 heterocycles. The van der Waals surface area contributed by atoms with Gasteiger partial charge in [0, 0.05) is 29.5 Å². The molecular weight excluding hydrogens is 332 g/mol. The number of nitrogens with one attached hydrogen (secondary N) is 1. The van der Waals surface area contributed by atoms with Gasteiger partial charge in [-0.1, -0.05) is 0 Å². The lowest BCUT2D eigenvalue weighted by atomic mass is 10.2. The van der Waals surface area contributed by atoms with E-state index in [-0.39, 0.29) is 11.4 Å². The van der Waals surface area contributed by atoms with Gasteiger partial charge < -0.3 is 10.1 Å². The van der Waals surface area contributed by atoms with Gasteiger partial charge in [-0.15, -0.1) is 0 Å². The molecule has 0 atom stereocenters. The van der Waals surface area contributed by atoms with Crippen LogP contribution >= 0.6 is 0 Å². The fourth-order valence-electron chi connectivity index (χ4n) is 3.52. The maximum Gasteiger partial charge on any atom is 0.252 e. The average molecular weight is 356 g/mol. The van der Waals surface area contributed by atoms with Gasteiger partial charge in [-0.25, -0.2) is 9.97 Å². The largest absolute Gasteiger partial charge is 0.378 e. The van der Waals surface area contributed by atoms with Crippen molar-refractivity contribution in [2.45, 2.75) is 39.2 Å². The van der Waals surface area contributed by atoms with Crippen molar-refractivity contribution >= 4 is 11.7 Å². The van der Waals surface area contributed by atoms with Crippen molar-refractivity contribution in [1.82, 2.24) is 24.6 Å². The molecule has 2 aromatic heterocycles. The van der Waals surface area contributed by atoms with E-state index in [4.69, 9.17) is 4.74 Å². The van der Waals surface area contributed by atoms with Crippen LogP contribution in [0.5, 0.6) is 0 Å². The summed E-state index contributed by atoms with van der Waals surface area (Å²) in [6.45, 7) is 8.29. The predicted octanol–water partition coefficient (Wildman–Crippen LogP) is 1.39. The highest BCUT2D eigenvalue weighted by atomic mass is 16.5. The van der Waals surface area contributed by atoms with Crippen molar-refractivity contribution in [3.05, 3.63) is 29.2 Å². The fourth-order valence-corrected chi connectivity index (χ4v) is 3.52. The lowest BCUT2D eigenvalue weighted by Crippen LogP contribution is -2.50. The number of carbonyl (C=O) groups excluding carboxylic acids is 1. The van der Waals surface area contributed by atoms with Gasteiger partial charge in [0.1, 0.15) is 5.82 Å². The number of ether oxygens (including phenoxy) is 1. The van der Waals surface area contributed by atoms with Crippen molar-refractivity contribution in [2.75, 3.05) is 31.6 Å². The van der Waals surface area contributed by atoms with Gasteiger partial charge in [-0.3, -0.25) is 9.69 Å². The predicted molar refractivity (Wildman–Crippen MR) is 96.4 cm³/mol. The van der Waals surface area contributed by atoms with Crippen LogP contribution < -0.4 is 5.32 Å². The highest BCUT2D eigenvalue weighted by Gasteiger charge is 2.50. The Balaban J connectivity index is 1.52. The lowest BCUT2D eigenvalue weighted by Gasteiger charge is -2.35. The smallest absolute Gasteiger partial charge is 0.252 e. The monoisotopic (exact) mass is 356 g/mol. The molecule has 0 unspecified atom stereocenters. The Morgan fingerprint density at radius 1 is 1.19 bits per heavy atom. The van der Waals surface area contributed by atoms with Gasteiger partial charge in [0.15, 0.2) is 0 Å². The Kier molecular flexibility index (Phi) is 4.24. The van der Waals surface area contributed by atoms with E-state index < -0.39 is 0 Å². The van der Waals surface area contributed by atoms with Gasteiger partial charge >= 0.3 is 0 Å². The van der Waals surface area contributed by atoms with E-state index in [0.29, 0.717) is 24.9 Å². The summed E-state index contributed by atoms with van der Waals surface area (Å²) in [5.74, 6) is 1.01. The van der Waals surface area contributed by atoms with Crippen molar-refractivity contribution in [2.24, 2.45) is 0 Å². The molecule has 2 aliphatic rings. The molecule has 8 nitrogen and oxygen atoms in total. The van der Waals surface area contributed by atoms with Crippen LogP contribution in [0.2, 0.25) is 0 Å². The zero-order valence-corrected chi connectivity index (χ0v) is 15.4. The second kappa shape index (κ2) is 6.44. The first kappa shape index (κ1) is 17.1. The number of rotatable bonds is 4. The summed E-state index contributed by atoms with van der Waals surface area (Å²) in [7, 11) is 0. The zero-order chi connectivity index (χ0) is 18.3. The molecule has 4 rings (SSSR count). The Morgan fingerprint density at radius 2 is 1.92 bits per heavy atom. The molecule has 0 radical (unpaired) electrons. The normalized spacial score (nSPS) is 18.9. The lowest BCUT2D eigenvalue weighted by molar-refractivity contribution is -0.120. The molecule has 2 aromatic rings. The number of amides is 1. The molecule has 1 saturated carbocycles. The van der Waals surface area contributed by atoms with Gasteiger partial charge in [-0.05, 0) is 39.7 Å². The Hall–Kier alpha value is -2.32. The van der Waals surface area contributed by atoms with E-state index in [1.54, 1.807) is 4.68 Å². The molecular formula is C18H24N6O2. The summed E-state index contributed by atoms with van der Waals surface area (Å²) in [6, 6.07) is 3.75. The molecule has 0 bridgehead atoms. The average Bonchev–Trinajstić information content (AvgIpc) is 3.24. The van der Waals surface area contributed by atoms with E-state index in [2.05, 4.69) is 25.3 Å². The Morgan fingerprint density at radius 3 is 2.62 bits per heavy atom. The maximum atomic E-state index is 12.6. The minimum absolute atomic E-state index is 0.0521. The van der Waals surface area contributed by atoms with Crippen LogP contribution in [-0.4, -0.2) is 62.4 Å². The first-order valence-electron chi connectivity index (χ1n) is 8.97. The highest BCUT2D eigenvalue weighted by molar-refractivity contribution is 5.91. The SMILES string of the molecule is Cc1cc(C)nc(-n2nc(C)cc2NC(=O)CN2CCOCC23CC3)n1. The van der Waals surface area contributed by atoms with E-state index in [1.807, 2.05) is 32.9 Å². The summed E-state index contributed by atoms with van der Waals surface area (Å²) in [6.07, 6.45) is 2.21. The number of aromatic nitrogens is 4. The number of carbonyl (C=O) groups is 1. The molecule has 1 saturated heterocycles.